The van der Waals surface area contributed by atoms with E-state index < -0.39 is 60.2 Å². The normalized spacial score (nSPS) is 23.0. The molecule has 5 N–H and O–H groups in total. The maximum absolute atomic E-state index is 13.1. The van der Waals surface area contributed by atoms with Gasteiger partial charge in [0.15, 0.2) is 0 Å². The molecule has 0 bridgehead atoms. The third-order valence-corrected chi connectivity index (χ3v) is 5.69. The summed E-state index contributed by atoms with van der Waals surface area (Å²) in [5.41, 5.74) is 5.68. The third-order valence-electron chi connectivity index (χ3n) is 5.69. The lowest BCUT2D eigenvalue weighted by Crippen LogP contribution is -2.57. The molecular weight excluding hydrogens is 408 g/mol. The van der Waals surface area contributed by atoms with Crippen molar-refractivity contribution in [3.8, 4) is 0 Å². The lowest BCUT2D eigenvalue weighted by molar-refractivity contribution is -0.150. The van der Waals surface area contributed by atoms with E-state index in [2.05, 4.69) is 5.32 Å². The quantitative estimate of drug-likeness (QED) is 0.368. The molecule has 0 saturated carbocycles. The number of amides is 3. The van der Waals surface area contributed by atoms with Crippen LogP contribution >= 0.6 is 0 Å². The molecule has 4 atom stereocenters. The number of hydrogen-bond acceptors (Lipinski definition) is 6. The second-order valence-electron chi connectivity index (χ2n) is 8.61. The van der Waals surface area contributed by atoms with Crippen LogP contribution in [-0.4, -0.2) is 86.9 Å². The van der Waals surface area contributed by atoms with Crippen molar-refractivity contribution in [1.29, 1.82) is 0 Å². The fourth-order valence-electron chi connectivity index (χ4n) is 4.24. The number of carboxylic acid groups (broad SMARTS) is 2. The number of likely N-dealkylation sites (tertiary alicyclic amines) is 2. The van der Waals surface area contributed by atoms with Crippen molar-refractivity contribution < 1.29 is 34.2 Å². The minimum atomic E-state index is -1.25. The van der Waals surface area contributed by atoms with Gasteiger partial charge in [0, 0.05) is 13.1 Å². The molecule has 0 radical (unpaired) electrons. The Balaban J connectivity index is 2.12. The van der Waals surface area contributed by atoms with Crippen molar-refractivity contribution in [2.75, 3.05) is 13.1 Å². The zero-order valence-corrected chi connectivity index (χ0v) is 18.0. The van der Waals surface area contributed by atoms with Gasteiger partial charge in [0.05, 0.1) is 12.5 Å². The van der Waals surface area contributed by atoms with Crippen LogP contribution < -0.4 is 11.1 Å². The largest absolute Gasteiger partial charge is 0.481 e. The van der Waals surface area contributed by atoms with E-state index in [9.17, 15) is 29.1 Å². The average molecular weight is 440 g/mol. The molecule has 0 aromatic heterocycles. The summed E-state index contributed by atoms with van der Waals surface area (Å²) in [7, 11) is 0. The fraction of sp³-hybridized carbons (Fsp3) is 0.750. The molecule has 174 valence electrons. The molecule has 2 aliphatic rings. The Morgan fingerprint density at radius 3 is 2.03 bits per heavy atom. The average Bonchev–Trinajstić information content (AvgIpc) is 3.34. The predicted octanol–water partition coefficient (Wildman–Crippen LogP) is -0.614. The molecule has 2 rings (SSSR count). The van der Waals surface area contributed by atoms with Crippen molar-refractivity contribution in [2.24, 2.45) is 11.7 Å². The van der Waals surface area contributed by atoms with Gasteiger partial charge in [-0.25, -0.2) is 4.79 Å². The van der Waals surface area contributed by atoms with Crippen molar-refractivity contribution in [2.45, 2.75) is 76.5 Å². The Hall–Kier alpha value is -2.69. The summed E-state index contributed by atoms with van der Waals surface area (Å²) in [6.07, 6.45) is 1.67. The minimum Gasteiger partial charge on any atom is -0.481 e. The highest BCUT2D eigenvalue weighted by molar-refractivity contribution is 5.95. The number of nitrogens with two attached hydrogens (primary N) is 1. The SMILES string of the molecule is CC(C)CC(NC(=O)C1CCCN1C(=O)C(N)CC(=O)O)C(=O)N1CCCC1C(=O)O. The topological polar surface area (TPSA) is 170 Å². The van der Waals surface area contributed by atoms with Crippen molar-refractivity contribution in [3.05, 3.63) is 0 Å². The number of carbonyl (C=O) groups excluding carboxylic acids is 3. The zero-order valence-electron chi connectivity index (χ0n) is 18.0. The Labute approximate surface area is 180 Å². The van der Waals surface area contributed by atoms with Crippen LogP contribution in [-0.2, 0) is 24.0 Å². The maximum Gasteiger partial charge on any atom is 0.326 e. The molecule has 0 spiro atoms. The van der Waals surface area contributed by atoms with E-state index in [1.165, 1.54) is 9.80 Å². The van der Waals surface area contributed by atoms with Crippen LogP contribution in [0.5, 0.6) is 0 Å². The Morgan fingerprint density at radius 2 is 1.52 bits per heavy atom. The monoisotopic (exact) mass is 440 g/mol. The number of nitrogens with one attached hydrogen (secondary N) is 1. The van der Waals surface area contributed by atoms with E-state index >= 15 is 0 Å². The highest BCUT2D eigenvalue weighted by atomic mass is 16.4. The van der Waals surface area contributed by atoms with Gasteiger partial charge in [0.2, 0.25) is 17.7 Å². The second kappa shape index (κ2) is 10.6. The molecule has 0 aliphatic carbocycles. The number of aliphatic carboxylic acids is 2. The number of carbonyl (C=O) groups is 5. The Morgan fingerprint density at radius 1 is 0.968 bits per heavy atom. The van der Waals surface area contributed by atoms with Gasteiger partial charge in [-0.05, 0) is 38.0 Å². The smallest absolute Gasteiger partial charge is 0.326 e. The molecule has 2 heterocycles. The fourth-order valence-corrected chi connectivity index (χ4v) is 4.24. The summed E-state index contributed by atoms with van der Waals surface area (Å²) in [5, 5.41) is 21.0. The lowest BCUT2D eigenvalue weighted by atomic mass is 10.0. The standard InChI is InChI=1S/C20H32N4O7/c1-11(2)9-13(19(29)24-8-4-6-15(24)20(30)31)22-17(27)14-5-3-7-23(14)18(28)12(21)10-16(25)26/h11-15H,3-10,21H2,1-2H3,(H,22,27)(H,25,26)(H,30,31). The molecule has 31 heavy (non-hydrogen) atoms. The van der Waals surface area contributed by atoms with Gasteiger partial charge >= 0.3 is 11.9 Å². The van der Waals surface area contributed by atoms with Gasteiger partial charge in [-0.15, -0.1) is 0 Å². The molecule has 2 saturated heterocycles. The van der Waals surface area contributed by atoms with E-state index in [4.69, 9.17) is 10.8 Å². The Kier molecular flexibility index (Phi) is 8.37. The lowest BCUT2D eigenvalue weighted by Gasteiger charge is -2.31. The minimum absolute atomic E-state index is 0.0606. The van der Waals surface area contributed by atoms with Crippen molar-refractivity contribution in [1.82, 2.24) is 15.1 Å². The highest BCUT2D eigenvalue weighted by Gasteiger charge is 2.41. The summed E-state index contributed by atoms with van der Waals surface area (Å²) in [4.78, 5) is 63.5. The zero-order chi connectivity index (χ0) is 23.3. The third kappa shape index (κ3) is 6.16. The van der Waals surface area contributed by atoms with Gasteiger partial charge in [-0.1, -0.05) is 13.8 Å². The van der Waals surface area contributed by atoms with Crippen LogP contribution in [0.3, 0.4) is 0 Å². The van der Waals surface area contributed by atoms with Crippen LogP contribution in [0.1, 0.15) is 52.4 Å². The van der Waals surface area contributed by atoms with Crippen LogP contribution in [0.15, 0.2) is 0 Å². The Bertz CT molecular complexity index is 726. The highest BCUT2D eigenvalue weighted by Crippen LogP contribution is 2.22. The molecule has 0 aromatic rings. The molecular formula is C20H32N4O7. The summed E-state index contributed by atoms with van der Waals surface area (Å²) in [6.45, 7) is 4.38. The molecule has 2 aliphatic heterocycles. The van der Waals surface area contributed by atoms with Crippen LogP contribution in [0.4, 0.5) is 0 Å². The summed E-state index contributed by atoms with van der Waals surface area (Å²) < 4.78 is 0. The number of nitrogens with zero attached hydrogens (tertiary/aromatic N) is 2. The molecule has 2 fully saturated rings. The van der Waals surface area contributed by atoms with Crippen LogP contribution in [0.2, 0.25) is 0 Å². The summed E-state index contributed by atoms with van der Waals surface area (Å²) in [6, 6.07) is -3.90. The maximum atomic E-state index is 13.1. The van der Waals surface area contributed by atoms with Gasteiger partial charge in [-0.3, -0.25) is 19.2 Å². The number of hydrogen-bond donors (Lipinski definition) is 4. The van der Waals surface area contributed by atoms with Gasteiger partial charge in [0.25, 0.3) is 0 Å². The van der Waals surface area contributed by atoms with E-state index in [1.54, 1.807) is 0 Å². The first-order chi connectivity index (χ1) is 14.5. The molecule has 11 heteroatoms. The van der Waals surface area contributed by atoms with Gasteiger partial charge in [0.1, 0.15) is 18.1 Å². The summed E-state index contributed by atoms with van der Waals surface area (Å²) >= 11 is 0. The molecule has 0 aromatic carbocycles. The second-order valence-corrected chi connectivity index (χ2v) is 8.61. The van der Waals surface area contributed by atoms with E-state index in [0.29, 0.717) is 38.6 Å². The van der Waals surface area contributed by atoms with Crippen molar-refractivity contribution >= 4 is 29.7 Å². The molecule has 3 amide bonds. The van der Waals surface area contributed by atoms with Crippen LogP contribution in [0.25, 0.3) is 0 Å². The predicted molar refractivity (Wildman–Crippen MR) is 109 cm³/mol. The van der Waals surface area contributed by atoms with Gasteiger partial charge in [-0.2, -0.15) is 0 Å². The molecule has 4 unspecified atom stereocenters. The first-order valence-corrected chi connectivity index (χ1v) is 10.6. The van der Waals surface area contributed by atoms with E-state index in [1.807, 2.05) is 13.8 Å². The number of carboxylic acids is 2. The van der Waals surface area contributed by atoms with Crippen molar-refractivity contribution in [3.63, 3.8) is 0 Å². The van der Waals surface area contributed by atoms with E-state index in [-0.39, 0.29) is 12.5 Å². The van der Waals surface area contributed by atoms with Crippen LogP contribution in [0, 0.1) is 5.92 Å². The number of rotatable bonds is 9. The van der Waals surface area contributed by atoms with Gasteiger partial charge < -0.3 is 31.1 Å². The first-order valence-electron chi connectivity index (χ1n) is 10.6. The van der Waals surface area contributed by atoms with E-state index in [0.717, 1.165) is 0 Å². The first kappa shape index (κ1) is 24.6. The molecule has 11 nitrogen and oxygen atoms in total. The summed E-state index contributed by atoms with van der Waals surface area (Å²) in [5.74, 6) is -3.78.